The maximum atomic E-state index is 11.4. The van der Waals surface area contributed by atoms with Crippen LogP contribution in [-0.4, -0.2) is 20.2 Å². The molecule has 1 rings (SSSR count). The molecule has 3 N–H and O–H groups in total. The van der Waals surface area contributed by atoms with E-state index in [1.807, 2.05) is 12.1 Å². The fourth-order valence-electron chi connectivity index (χ4n) is 1.14. The Bertz CT molecular complexity index is 451. The van der Waals surface area contributed by atoms with Gasteiger partial charge in [0.15, 0.2) is 9.84 Å². The molecule has 88 valence electrons. The third-order valence-corrected chi connectivity index (χ3v) is 4.05. The first kappa shape index (κ1) is 12.6. The summed E-state index contributed by atoms with van der Waals surface area (Å²) in [6.07, 6.45) is 0. The van der Waals surface area contributed by atoms with Crippen LogP contribution in [0, 0.1) is 0 Å². The quantitative estimate of drug-likeness (QED) is 0.767. The summed E-state index contributed by atoms with van der Waals surface area (Å²) in [5, 5.41) is 3.52. The Labute approximate surface area is 96.1 Å². The molecule has 1 aromatic carbocycles. The number of nitrogens with two attached hydrogens (primary N) is 1. The van der Waals surface area contributed by atoms with Crippen molar-refractivity contribution in [3.8, 4) is 0 Å². The van der Waals surface area contributed by atoms with Crippen LogP contribution in [0.3, 0.4) is 0 Å². The van der Waals surface area contributed by atoms with Gasteiger partial charge in [-0.3, -0.25) is 0 Å². The van der Waals surface area contributed by atoms with Crippen molar-refractivity contribution < 1.29 is 8.42 Å². The molecule has 0 radical (unpaired) electrons. The summed E-state index contributed by atoms with van der Waals surface area (Å²) >= 11 is 0. The van der Waals surface area contributed by atoms with Crippen molar-refractivity contribution in [3.63, 3.8) is 0 Å². The van der Waals surface area contributed by atoms with E-state index in [0.29, 0.717) is 12.2 Å². The largest absolute Gasteiger partial charge is 0.399 e. The highest BCUT2D eigenvalue weighted by molar-refractivity contribution is 7.94. The van der Waals surface area contributed by atoms with Crippen LogP contribution in [0.4, 0.5) is 11.4 Å². The average molecular weight is 240 g/mol. The lowest BCUT2D eigenvalue weighted by atomic mass is 10.3. The van der Waals surface area contributed by atoms with Gasteiger partial charge in [-0.05, 0) is 31.2 Å². The zero-order valence-electron chi connectivity index (χ0n) is 9.18. The molecule has 0 bridgehead atoms. The van der Waals surface area contributed by atoms with Gasteiger partial charge < -0.3 is 11.1 Å². The van der Waals surface area contributed by atoms with Gasteiger partial charge in [0.05, 0.1) is 5.25 Å². The molecule has 0 aliphatic carbocycles. The Morgan fingerprint density at radius 2 is 2.00 bits per heavy atom. The van der Waals surface area contributed by atoms with Crippen LogP contribution in [0.2, 0.25) is 0 Å². The van der Waals surface area contributed by atoms with E-state index < -0.39 is 15.1 Å². The Balaban J connectivity index is 2.59. The molecular weight excluding hydrogens is 224 g/mol. The summed E-state index contributed by atoms with van der Waals surface area (Å²) in [7, 11) is -3.20. The zero-order valence-corrected chi connectivity index (χ0v) is 10.00. The smallest absolute Gasteiger partial charge is 0.175 e. The minimum atomic E-state index is -3.20. The van der Waals surface area contributed by atoms with Crippen molar-refractivity contribution in [2.75, 3.05) is 17.6 Å². The highest BCUT2D eigenvalue weighted by Crippen LogP contribution is 2.11. The van der Waals surface area contributed by atoms with E-state index in [0.717, 1.165) is 11.1 Å². The molecule has 16 heavy (non-hydrogen) atoms. The zero-order chi connectivity index (χ0) is 12.2. The molecule has 0 aliphatic rings. The average Bonchev–Trinajstić information content (AvgIpc) is 2.28. The maximum absolute atomic E-state index is 11.4. The van der Waals surface area contributed by atoms with Crippen LogP contribution in [0.15, 0.2) is 36.3 Å². The molecule has 1 aromatic rings. The molecule has 0 aliphatic heterocycles. The van der Waals surface area contributed by atoms with Crippen molar-refractivity contribution in [3.05, 3.63) is 36.3 Å². The molecule has 0 aromatic heterocycles. The number of hydrogen-bond donors (Lipinski definition) is 2. The van der Waals surface area contributed by atoms with Crippen molar-refractivity contribution in [1.82, 2.24) is 0 Å². The Morgan fingerprint density at radius 3 is 2.50 bits per heavy atom. The Kier molecular flexibility index (Phi) is 3.95. The molecule has 0 fully saturated rings. The number of anilines is 2. The van der Waals surface area contributed by atoms with Gasteiger partial charge in [0.1, 0.15) is 0 Å². The van der Waals surface area contributed by atoms with E-state index in [1.165, 1.54) is 0 Å². The lowest BCUT2D eigenvalue weighted by Gasteiger charge is -2.12. The third-order valence-electron chi connectivity index (χ3n) is 2.30. The number of sulfone groups is 1. The van der Waals surface area contributed by atoms with Crippen LogP contribution in [0.1, 0.15) is 6.92 Å². The van der Waals surface area contributed by atoms with Gasteiger partial charge in [0, 0.05) is 23.3 Å². The van der Waals surface area contributed by atoms with Crippen LogP contribution in [-0.2, 0) is 9.84 Å². The van der Waals surface area contributed by atoms with E-state index >= 15 is 0 Å². The van der Waals surface area contributed by atoms with Gasteiger partial charge in [-0.1, -0.05) is 6.58 Å². The molecular formula is C11H16N2O2S. The lowest BCUT2D eigenvalue weighted by Crippen LogP contribution is -2.24. The molecule has 0 heterocycles. The number of rotatable bonds is 5. The predicted molar refractivity (Wildman–Crippen MR) is 67.9 cm³/mol. The van der Waals surface area contributed by atoms with Crippen molar-refractivity contribution in [2.24, 2.45) is 0 Å². The van der Waals surface area contributed by atoms with Crippen molar-refractivity contribution in [1.29, 1.82) is 0 Å². The highest BCUT2D eigenvalue weighted by atomic mass is 32.2. The summed E-state index contributed by atoms with van der Waals surface area (Å²) in [6, 6.07) is 7.13. The van der Waals surface area contributed by atoms with Gasteiger partial charge in [-0.15, -0.1) is 0 Å². The molecule has 0 amide bonds. The first-order valence-corrected chi connectivity index (χ1v) is 6.52. The fraction of sp³-hybridized carbons (Fsp3) is 0.273. The Hall–Kier alpha value is -1.49. The first-order valence-electron chi connectivity index (χ1n) is 4.91. The van der Waals surface area contributed by atoms with Gasteiger partial charge >= 0.3 is 0 Å². The third kappa shape index (κ3) is 3.27. The fourth-order valence-corrected chi connectivity index (χ4v) is 1.79. The topological polar surface area (TPSA) is 72.2 Å². The minimum Gasteiger partial charge on any atom is -0.399 e. The first-order chi connectivity index (χ1) is 7.45. The second-order valence-corrected chi connectivity index (χ2v) is 5.89. The van der Waals surface area contributed by atoms with E-state index in [-0.39, 0.29) is 0 Å². The summed E-state index contributed by atoms with van der Waals surface area (Å²) in [5.74, 6) is 0. The normalized spacial score (nSPS) is 13.1. The Morgan fingerprint density at radius 1 is 1.44 bits per heavy atom. The van der Waals surface area contributed by atoms with Crippen LogP contribution in [0.5, 0.6) is 0 Å². The molecule has 5 heteroatoms. The van der Waals surface area contributed by atoms with E-state index in [2.05, 4.69) is 11.9 Å². The van der Waals surface area contributed by atoms with E-state index in [1.54, 1.807) is 19.1 Å². The summed E-state index contributed by atoms with van der Waals surface area (Å²) in [5.41, 5.74) is 7.06. The molecule has 0 saturated heterocycles. The SMILES string of the molecule is C=CS(=O)(=O)C(C)CNc1ccc(N)cc1. The summed E-state index contributed by atoms with van der Waals surface area (Å²) < 4.78 is 22.8. The second-order valence-electron chi connectivity index (χ2n) is 3.57. The molecule has 0 saturated carbocycles. The van der Waals surface area contributed by atoms with Gasteiger partial charge in [0.2, 0.25) is 0 Å². The van der Waals surface area contributed by atoms with Gasteiger partial charge in [0.25, 0.3) is 0 Å². The summed E-state index contributed by atoms with van der Waals surface area (Å²) in [6.45, 7) is 5.27. The minimum absolute atomic E-state index is 0.346. The van der Waals surface area contributed by atoms with E-state index in [9.17, 15) is 8.42 Å². The standard InChI is InChI=1S/C11H16N2O2S/c1-3-16(14,15)9(2)8-13-11-6-4-10(12)5-7-11/h3-7,9,13H,1,8,12H2,2H3. The number of benzene rings is 1. The molecule has 0 spiro atoms. The van der Waals surface area contributed by atoms with Gasteiger partial charge in [-0.2, -0.15) is 0 Å². The highest BCUT2D eigenvalue weighted by Gasteiger charge is 2.16. The number of nitrogen functional groups attached to an aromatic ring is 1. The molecule has 1 unspecified atom stereocenters. The second kappa shape index (κ2) is 5.03. The number of nitrogens with one attached hydrogen (secondary N) is 1. The van der Waals surface area contributed by atoms with Crippen molar-refractivity contribution in [2.45, 2.75) is 12.2 Å². The van der Waals surface area contributed by atoms with Crippen LogP contribution < -0.4 is 11.1 Å². The molecule has 4 nitrogen and oxygen atoms in total. The number of hydrogen-bond acceptors (Lipinski definition) is 4. The molecule has 1 atom stereocenters. The maximum Gasteiger partial charge on any atom is 0.175 e. The summed E-state index contributed by atoms with van der Waals surface area (Å²) in [4.78, 5) is 0. The van der Waals surface area contributed by atoms with Gasteiger partial charge in [-0.25, -0.2) is 8.42 Å². The van der Waals surface area contributed by atoms with Crippen LogP contribution in [0.25, 0.3) is 0 Å². The van der Waals surface area contributed by atoms with E-state index in [4.69, 9.17) is 5.73 Å². The predicted octanol–water partition coefficient (Wildman–Crippen LogP) is 1.63. The monoisotopic (exact) mass is 240 g/mol. The lowest BCUT2D eigenvalue weighted by molar-refractivity contribution is 0.594. The van der Waals surface area contributed by atoms with Crippen molar-refractivity contribution >= 4 is 21.2 Å². The van der Waals surface area contributed by atoms with Crippen LogP contribution >= 0.6 is 0 Å².